The molecule has 1 aliphatic rings. The highest BCUT2D eigenvalue weighted by Crippen LogP contribution is 2.38. The molecule has 0 saturated carbocycles. The second-order valence-electron chi connectivity index (χ2n) is 7.30. The standard InChI is InChI=1S/C24H23N3O2S/c1-16-5-3-6-18(13-16)27-21(23-20(24(27)29)7-4-12-25-23)14-22(28)26-15-17-8-10-19(30-2)11-9-17/h3-13,21H,14-15H2,1-2H3,(H,26,28)/t21-/m0/s1. The lowest BCUT2D eigenvalue weighted by atomic mass is 10.1. The van der Waals surface area contributed by atoms with Crippen LogP contribution < -0.4 is 10.2 Å². The van der Waals surface area contributed by atoms with Crippen molar-refractivity contribution in [1.29, 1.82) is 0 Å². The van der Waals surface area contributed by atoms with Crippen LogP contribution in [0.2, 0.25) is 0 Å². The summed E-state index contributed by atoms with van der Waals surface area (Å²) in [6.07, 6.45) is 3.86. The number of carbonyl (C=O) groups excluding carboxylic acids is 2. The van der Waals surface area contributed by atoms with Gasteiger partial charge in [-0.05, 0) is 60.7 Å². The molecule has 30 heavy (non-hydrogen) atoms. The van der Waals surface area contributed by atoms with E-state index >= 15 is 0 Å². The van der Waals surface area contributed by atoms with Crippen molar-refractivity contribution in [1.82, 2.24) is 10.3 Å². The topological polar surface area (TPSA) is 62.3 Å². The van der Waals surface area contributed by atoms with E-state index in [1.165, 1.54) is 4.90 Å². The molecule has 152 valence electrons. The highest BCUT2D eigenvalue weighted by Gasteiger charge is 2.39. The van der Waals surface area contributed by atoms with Crippen LogP contribution in [0.15, 0.2) is 71.8 Å². The zero-order valence-electron chi connectivity index (χ0n) is 17.0. The monoisotopic (exact) mass is 417 g/mol. The van der Waals surface area contributed by atoms with Crippen LogP contribution in [0, 0.1) is 6.92 Å². The Morgan fingerprint density at radius 3 is 2.67 bits per heavy atom. The molecule has 0 spiro atoms. The van der Waals surface area contributed by atoms with Crippen molar-refractivity contribution >= 4 is 29.3 Å². The quantitative estimate of drug-likeness (QED) is 0.599. The maximum atomic E-state index is 13.1. The van der Waals surface area contributed by atoms with E-state index in [-0.39, 0.29) is 18.2 Å². The van der Waals surface area contributed by atoms with Crippen LogP contribution in [0.4, 0.5) is 5.69 Å². The first-order valence-corrected chi connectivity index (χ1v) is 11.0. The Bertz CT molecular complexity index is 1080. The summed E-state index contributed by atoms with van der Waals surface area (Å²) in [7, 11) is 0. The number of aryl methyl sites for hydroxylation is 1. The first-order valence-electron chi connectivity index (χ1n) is 9.81. The summed E-state index contributed by atoms with van der Waals surface area (Å²) in [6.45, 7) is 2.44. The van der Waals surface area contributed by atoms with Crippen LogP contribution in [0.1, 0.15) is 39.6 Å². The predicted molar refractivity (Wildman–Crippen MR) is 120 cm³/mol. The van der Waals surface area contributed by atoms with E-state index in [1.54, 1.807) is 35.0 Å². The molecular formula is C24H23N3O2S. The smallest absolute Gasteiger partial charge is 0.260 e. The third-order valence-corrected chi connectivity index (χ3v) is 5.97. The van der Waals surface area contributed by atoms with E-state index < -0.39 is 6.04 Å². The number of hydrogen-bond donors (Lipinski definition) is 1. The van der Waals surface area contributed by atoms with Crippen LogP contribution in [0.5, 0.6) is 0 Å². The largest absolute Gasteiger partial charge is 0.352 e. The molecule has 1 atom stereocenters. The SMILES string of the molecule is CSc1ccc(CNC(=O)C[C@H]2c3ncccc3C(=O)N2c2cccc(C)c2)cc1. The average molecular weight is 418 g/mol. The summed E-state index contributed by atoms with van der Waals surface area (Å²) < 4.78 is 0. The molecule has 2 aromatic carbocycles. The maximum absolute atomic E-state index is 13.1. The normalized spacial score (nSPS) is 15.2. The predicted octanol–water partition coefficient (Wildman–Crippen LogP) is 4.52. The Labute approximate surface area is 180 Å². The fourth-order valence-corrected chi connectivity index (χ4v) is 4.12. The number of carbonyl (C=O) groups is 2. The number of pyridine rings is 1. The fourth-order valence-electron chi connectivity index (χ4n) is 3.71. The highest BCUT2D eigenvalue weighted by molar-refractivity contribution is 7.98. The number of hydrogen-bond acceptors (Lipinski definition) is 4. The van der Waals surface area contributed by atoms with Crippen molar-refractivity contribution in [2.75, 3.05) is 11.2 Å². The molecule has 0 fully saturated rings. The maximum Gasteiger partial charge on any atom is 0.260 e. The van der Waals surface area contributed by atoms with Gasteiger partial charge in [0.1, 0.15) is 0 Å². The summed E-state index contributed by atoms with van der Waals surface area (Å²) in [5.74, 6) is -0.230. The van der Waals surface area contributed by atoms with Gasteiger partial charge in [0.2, 0.25) is 5.91 Å². The van der Waals surface area contributed by atoms with Crippen LogP contribution in [0.25, 0.3) is 0 Å². The van der Waals surface area contributed by atoms with E-state index in [4.69, 9.17) is 0 Å². The van der Waals surface area contributed by atoms with E-state index in [1.807, 2.05) is 61.7 Å². The van der Waals surface area contributed by atoms with E-state index in [2.05, 4.69) is 10.3 Å². The molecular weight excluding hydrogens is 394 g/mol. The number of nitrogens with zero attached hydrogens (tertiary/aromatic N) is 2. The number of nitrogens with one attached hydrogen (secondary N) is 1. The van der Waals surface area contributed by atoms with Gasteiger partial charge in [0.25, 0.3) is 5.91 Å². The Kier molecular flexibility index (Phi) is 5.86. The molecule has 2 heterocycles. The Balaban J connectivity index is 1.53. The molecule has 0 aliphatic carbocycles. The summed E-state index contributed by atoms with van der Waals surface area (Å²) >= 11 is 1.68. The molecule has 0 saturated heterocycles. The second kappa shape index (κ2) is 8.71. The van der Waals surface area contributed by atoms with Gasteiger partial charge in [-0.25, -0.2) is 0 Å². The van der Waals surface area contributed by atoms with Gasteiger partial charge in [-0.1, -0.05) is 24.3 Å². The highest BCUT2D eigenvalue weighted by atomic mass is 32.2. The van der Waals surface area contributed by atoms with Crippen LogP contribution in [-0.2, 0) is 11.3 Å². The molecule has 0 bridgehead atoms. The molecule has 1 N–H and O–H groups in total. The van der Waals surface area contributed by atoms with Crippen molar-refractivity contribution < 1.29 is 9.59 Å². The molecule has 0 radical (unpaired) electrons. The van der Waals surface area contributed by atoms with Gasteiger partial charge < -0.3 is 5.32 Å². The number of amides is 2. The van der Waals surface area contributed by atoms with Gasteiger partial charge in [0.15, 0.2) is 0 Å². The van der Waals surface area contributed by atoms with Gasteiger partial charge >= 0.3 is 0 Å². The lowest BCUT2D eigenvalue weighted by molar-refractivity contribution is -0.121. The summed E-state index contributed by atoms with van der Waals surface area (Å²) in [5.41, 5.74) is 4.09. The number of aromatic nitrogens is 1. The number of anilines is 1. The zero-order valence-corrected chi connectivity index (χ0v) is 17.8. The van der Waals surface area contributed by atoms with E-state index in [0.29, 0.717) is 17.8 Å². The number of thioether (sulfide) groups is 1. The number of fused-ring (bicyclic) bond motifs is 1. The van der Waals surface area contributed by atoms with Crippen LogP contribution in [0.3, 0.4) is 0 Å². The van der Waals surface area contributed by atoms with Gasteiger partial charge in [0.05, 0.1) is 23.7 Å². The molecule has 0 unspecified atom stereocenters. The number of benzene rings is 2. The van der Waals surface area contributed by atoms with Crippen molar-refractivity contribution in [3.63, 3.8) is 0 Å². The van der Waals surface area contributed by atoms with Crippen LogP contribution in [-0.4, -0.2) is 23.1 Å². The van der Waals surface area contributed by atoms with Gasteiger partial charge in [-0.15, -0.1) is 11.8 Å². The Morgan fingerprint density at radius 2 is 1.93 bits per heavy atom. The first-order chi connectivity index (χ1) is 14.6. The minimum atomic E-state index is -0.422. The molecule has 6 heteroatoms. The minimum Gasteiger partial charge on any atom is -0.352 e. The third kappa shape index (κ3) is 4.09. The van der Waals surface area contributed by atoms with Crippen molar-refractivity contribution in [2.24, 2.45) is 0 Å². The third-order valence-electron chi connectivity index (χ3n) is 5.22. The summed E-state index contributed by atoms with van der Waals surface area (Å²) in [5, 5.41) is 2.98. The Hall–Kier alpha value is -3.12. The van der Waals surface area contributed by atoms with Crippen molar-refractivity contribution in [3.05, 3.63) is 89.2 Å². The van der Waals surface area contributed by atoms with Crippen molar-refractivity contribution in [2.45, 2.75) is 30.8 Å². The Morgan fingerprint density at radius 1 is 1.13 bits per heavy atom. The molecule has 1 aromatic heterocycles. The lowest BCUT2D eigenvalue weighted by Crippen LogP contribution is -2.33. The summed E-state index contributed by atoms with van der Waals surface area (Å²) in [6, 6.07) is 19.0. The number of rotatable bonds is 6. The molecule has 2 amide bonds. The zero-order chi connectivity index (χ0) is 21.1. The molecule has 1 aliphatic heterocycles. The lowest BCUT2D eigenvalue weighted by Gasteiger charge is -2.25. The van der Waals surface area contributed by atoms with Gasteiger partial charge in [0, 0.05) is 23.3 Å². The van der Waals surface area contributed by atoms with Crippen LogP contribution >= 0.6 is 11.8 Å². The first kappa shape index (κ1) is 20.2. The molecule has 5 nitrogen and oxygen atoms in total. The average Bonchev–Trinajstić information content (AvgIpc) is 3.04. The van der Waals surface area contributed by atoms with Gasteiger partial charge in [-0.2, -0.15) is 0 Å². The second-order valence-corrected chi connectivity index (χ2v) is 8.17. The van der Waals surface area contributed by atoms with Gasteiger partial charge in [-0.3, -0.25) is 19.5 Å². The molecule has 3 aromatic rings. The van der Waals surface area contributed by atoms with Crippen molar-refractivity contribution in [3.8, 4) is 0 Å². The summed E-state index contributed by atoms with van der Waals surface area (Å²) in [4.78, 5) is 33.2. The van der Waals surface area contributed by atoms with E-state index in [0.717, 1.165) is 16.8 Å². The molecule has 4 rings (SSSR count). The minimum absolute atomic E-state index is 0.113. The fraction of sp³-hybridized carbons (Fsp3) is 0.208. The van der Waals surface area contributed by atoms with E-state index in [9.17, 15) is 9.59 Å².